The number of methoxy groups -OCH3 is 2. The predicted octanol–water partition coefficient (Wildman–Crippen LogP) is -0.0719. The van der Waals surface area contributed by atoms with Crippen molar-refractivity contribution in [2.24, 2.45) is 11.8 Å². The van der Waals surface area contributed by atoms with Gasteiger partial charge in [-0.05, 0) is 36.5 Å². The molecule has 1 saturated heterocycles. The highest BCUT2D eigenvalue weighted by Gasteiger charge is 2.30. The van der Waals surface area contributed by atoms with Crippen LogP contribution >= 0.6 is 0 Å². The fourth-order valence-electron chi connectivity index (χ4n) is 4.86. The Morgan fingerprint density at radius 2 is 1.72 bits per heavy atom. The van der Waals surface area contributed by atoms with Crippen LogP contribution in [0.3, 0.4) is 0 Å². The molecule has 0 radical (unpaired) electrons. The Balaban J connectivity index is 1.43. The molecule has 0 aromatic heterocycles. The minimum atomic E-state index is 0.231. The van der Waals surface area contributed by atoms with Gasteiger partial charge in [-0.25, -0.2) is 0 Å². The third-order valence-corrected chi connectivity index (χ3v) is 7.03. The van der Waals surface area contributed by atoms with E-state index in [1.54, 1.807) is 19.1 Å². The van der Waals surface area contributed by atoms with Gasteiger partial charge in [0.1, 0.15) is 32.7 Å². The summed E-state index contributed by atoms with van der Waals surface area (Å²) in [5, 5.41) is 3.33. The topological polar surface area (TPSA) is 56.4 Å². The smallest absolute Gasteiger partial charge is 0.275 e. The zero-order valence-corrected chi connectivity index (χ0v) is 18.6. The molecule has 0 unspecified atom stereocenters. The number of amides is 1. The zero-order valence-electron chi connectivity index (χ0n) is 18.6. The van der Waals surface area contributed by atoms with Crippen LogP contribution in [0.2, 0.25) is 0 Å². The van der Waals surface area contributed by atoms with Crippen molar-refractivity contribution in [2.45, 2.75) is 45.7 Å². The molecular weight excluding hydrogens is 366 g/mol. The van der Waals surface area contributed by atoms with Crippen molar-refractivity contribution in [2.75, 3.05) is 46.9 Å². The summed E-state index contributed by atoms with van der Waals surface area (Å²) in [7, 11) is 3.34. The lowest BCUT2D eigenvalue weighted by molar-refractivity contribution is -1.02. The minimum absolute atomic E-state index is 0.231. The van der Waals surface area contributed by atoms with Gasteiger partial charge in [-0.3, -0.25) is 4.79 Å². The van der Waals surface area contributed by atoms with Crippen LogP contribution in [0, 0.1) is 11.8 Å². The number of hydrogen-bond donors (Lipinski definition) is 3. The molecule has 2 aliphatic rings. The number of nitrogens with one attached hydrogen (secondary N) is 3. The van der Waals surface area contributed by atoms with Crippen LogP contribution in [0.15, 0.2) is 18.2 Å². The highest BCUT2D eigenvalue weighted by molar-refractivity contribution is 5.77. The first kappa shape index (κ1) is 21.9. The number of carbonyl (C=O) groups excluding carboxylic acids is 1. The summed E-state index contributed by atoms with van der Waals surface area (Å²) >= 11 is 0. The van der Waals surface area contributed by atoms with E-state index in [2.05, 4.69) is 31.3 Å². The van der Waals surface area contributed by atoms with Crippen molar-refractivity contribution in [1.82, 2.24) is 5.32 Å². The first-order valence-electron chi connectivity index (χ1n) is 11.2. The van der Waals surface area contributed by atoms with Gasteiger partial charge >= 0.3 is 0 Å². The van der Waals surface area contributed by atoms with Crippen LogP contribution in [0.4, 0.5) is 0 Å². The number of piperazine rings is 1. The molecule has 3 N–H and O–H groups in total. The Hall–Kier alpha value is -1.79. The molecule has 1 aliphatic heterocycles. The monoisotopic (exact) mass is 405 g/mol. The number of benzene rings is 1. The van der Waals surface area contributed by atoms with E-state index in [1.807, 2.05) is 6.07 Å². The maximum absolute atomic E-state index is 12.6. The molecule has 1 heterocycles. The van der Waals surface area contributed by atoms with E-state index in [4.69, 9.17) is 9.47 Å². The highest BCUT2D eigenvalue weighted by Crippen LogP contribution is 2.29. The van der Waals surface area contributed by atoms with Crippen LogP contribution in [0.25, 0.3) is 0 Å². The van der Waals surface area contributed by atoms with Crippen molar-refractivity contribution in [1.29, 1.82) is 0 Å². The normalized spacial score (nSPS) is 29.9. The minimum Gasteiger partial charge on any atom is -0.493 e. The summed E-state index contributed by atoms with van der Waals surface area (Å²) in [5.74, 6) is 3.09. The van der Waals surface area contributed by atoms with Crippen LogP contribution in [-0.4, -0.2) is 58.9 Å². The Morgan fingerprint density at radius 1 is 1.03 bits per heavy atom. The lowest BCUT2D eigenvalue weighted by atomic mass is 9.78. The molecule has 1 aromatic rings. The molecule has 0 bridgehead atoms. The summed E-state index contributed by atoms with van der Waals surface area (Å²) < 4.78 is 10.7. The molecule has 1 saturated carbocycles. The lowest BCUT2D eigenvalue weighted by Crippen LogP contribution is -3.28. The lowest BCUT2D eigenvalue weighted by Gasteiger charge is -2.35. The summed E-state index contributed by atoms with van der Waals surface area (Å²) in [4.78, 5) is 15.5. The Labute approximate surface area is 175 Å². The van der Waals surface area contributed by atoms with Gasteiger partial charge in [0.2, 0.25) is 0 Å². The number of rotatable bonds is 7. The van der Waals surface area contributed by atoms with Gasteiger partial charge < -0.3 is 24.6 Å². The van der Waals surface area contributed by atoms with E-state index in [0.29, 0.717) is 24.4 Å². The van der Waals surface area contributed by atoms with E-state index < -0.39 is 0 Å². The van der Waals surface area contributed by atoms with Crippen molar-refractivity contribution in [3.8, 4) is 11.5 Å². The van der Waals surface area contributed by atoms with Crippen molar-refractivity contribution in [3.63, 3.8) is 0 Å². The number of hydrogen-bond acceptors (Lipinski definition) is 3. The Bertz CT molecular complexity index is 673. The van der Waals surface area contributed by atoms with Crippen molar-refractivity contribution >= 4 is 5.91 Å². The number of ether oxygens (including phenoxy) is 2. The van der Waals surface area contributed by atoms with E-state index in [-0.39, 0.29) is 5.91 Å². The molecule has 6 heteroatoms. The van der Waals surface area contributed by atoms with Gasteiger partial charge in [0, 0.05) is 11.6 Å². The maximum Gasteiger partial charge on any atom is 0.275 e. The molecule has 1 amide bonds. The molecule has 0 spiro atoms. The van der Waals surface area contributed by atoms with Gasteiger partial charge in [-0.2, -0.15) is 0 Å². The summed E-state index contributed by atoms with van der Waals surface area (Å²) in [6.07, 6.45) is 3.67. The summed E-state index contributed by atoms with van der Waals surface area (Å²) in [6.45, 7) is 10.5. The van der Waals surface area contributed by atoms with Crippen molar-refractivity contribution < 1.29 is 24.1 Å². The van der Waals surface area contributed by atoms with E-state index in [1.165, 1.54) is 23.3 Å². The second kappa shape index (κ2) is 10.3. The molecule has 3 atom stereocenters. The zero-order chi connectivity index (χ0) is 20.8. The van der Waals surface area contributed by atoms with Crippen LogP contribution in [0.5, 0.6) is 11.5 Å². The second-order valence-electron chi connectivity index (χ2n) is 8.98. The Kier molecular flexibility index (Phi) is 7.78. The van der Waals surface area contributed by atoms with Gasteiger partial charge in [0.25, 0.3) is 5.91 Å². The molecule has 1 aromatic carbocycles. The second-order valence-corrected chi connectivity index (χ2v) is 8.98. The predicted molar refractivity (Wildman–Crippen MR) is 114 cm³/mol. The molecule has 2 fully saturated rings. The van der Waals surface area contributed by atoms with E-state index in [0.717, 1.165) is 50.6 Å². The van der Waals surface area contributed by atoms with E-state index in [9.17, 15) is 4.79 Å². The maximum atomic E-state index is 12.6. The molecular formula is C23H39N3O3+2. The average molecular weight is 406 g/mol. The van der Waals surface area contributed by atoms with Crippen LogP contribution in [-0.2, 0) is 11.3 Å². The fourth-order valence-corrected chi connectivity index (χ4v) is 4.86. The van der Waals surface area contributed by atoms with Crippen LogP contribution < -0.4 is 24.6 Å². The molecule has 162 valence electrons. The van der Waals surface area contributed by atoms with Gasteiger partial charge in [-0.15, -0.1) is 0 Å². The average Bonchev–Trinajstić information content (AvgIpc) is 2.72. The fraction of sp³-hybridized carbons (Fsp3) is 0.696. The third kappa shape index (κ3) is 5.86. The molecule has 29 heavy (non-hydrogen) atoms. The SMILES string of the molecule is COc1ccc(C[NH+]2CC[NH+](CC(=O)N[C@@H]3CCC[C@H](C)[C@H]3C)CC2)cc1OC. The largest absolute Gasteiger partial charge is 0.493 e. The quantitative estimate of drug-likeness (QED) is 0.595. The Morgan fingerprint density at radius 3 is 2.41 bits per heavy atom. The van der Waals surface area contributed by atoms with Gasteiger partial charge in [-0.1, -0.05) is 26.7 Å². The van der Waals surface area contributed by atoms with Gasteiger partial charge in [0.05, 0.1) is 14.2 Å². The van der Waals surface area contributed by atoms with E-state index >= 15 is 0 Å². The number of quaternary nitrogens is 2. The molecule has 6 nitrogen and oxygen atoms in total. The number of carbonyl (C=O) groups is 1. The first-order valence-corrected chi connectivity index (χ1v) is 11.2. The standard InChI is InChI=1S/C23H37N3O3/c1-17-6-5-7-20(18(17)2)24-23(27)16-26-12-10-25(11-13-26)15-19-8-9-21(28-3)22(14-19)29-4/h8-9,14,17-18,20H,5-7,10-13,15-16H2,1-4H3,(H,24,27)/p+2/t17-,18+,20+/m0/s1. The molecule has 3 rings (SSSR count). The third-order valence-electron chi connectivity index (χ3n) is 7.03. The summed E-state index contributed by atoms with van der Waals surface area (Å²) in [6, 6.07) is 6.53. The van der Waals surface area contributed by atoms with Gasteiger partial charge in [0.15, 0.2) is 18.0 Å². The summed E-state index contributed by atoms with van der Waals surface area (Å²) in [5.41, 5.74) is 1.26. The van der Waals surface area contributed by atoms with Crippen molar-refractivity contribution in [3.05, 3.63) is 23.8 Å². The highest BCUT2D eigenvalue weighted by atomic mass is 16.5. The van der Waals surface area contributed by atoms with Crippen LogP contribution in [0.1, 0.15) is 38.7 Å². The first-order chi connectivity index (χ1) is 14.0. The molecule has 1 aliphatic carbocycles.